The molecule has 0 saturated carbocycles. The zero-order chi connectivity index (χ0) is 19.3. The highest BCUT2D eigenvalue weighted by atomic mass is 16.5. The van der Waals surface area contributed by atoms with Gasteiger partial charge in [-0.2, -0.15) is 0 Å². The second-order valence-electron chi connectivity index (χ2n) is 6.24. The molecule has 0 saturated heterocycles. The number of anilines is 3. The van der Waals surface area contributed by atoms with Crippen LogP contribution in [0, 0.1) is 0 Å². The minimum absolute atomic E-state index is 0.212. The number of hydrogen-bond donors (Lipinski definition) is 2. The van der Waals surface area contributed by atoms with Crippen LogP contribution in [0.5, 0.6) is 5.75 Å². The molecule has 0 unspecified atom stereocenters. The molecule has 4 aromatic rings. The zero-order valence-corrected chi connectivity index (χ0v) is 15.3. The maximum atomic E-state index is 12.5. The summed E-state index contributed by atoms with van der Waals surface area (Å²) < 4.78 is 5.25. The number of hydrogen-bond acceptors (Lipinski definition) is 4. The molecule has 4 rings (SSSR count). The summed E-state index contributed by atoms with van der Waals surface area (Å²) in [6.45, 7) is 0. The molecule has 1 aromatic heterocycles. The van der Waals surface area contributed by atoms with Gasteiger partial charge >= 0.3 is 0 Å². The molecule has 0 spiro atoms. The fourth-order valence-corrected chi connectivity index (χ4v) is 3.03. The number of aromatic nitrogens is 1. The standard InChI is InChI=1S/C23H19N3O2/c1-28-21-10-3-2-8-19(21)23(27)26-18-13-11-17(12-14-18)25-20-9-4-6-16-7-5-15-24-22(16)20/h2-15,25H,1H3,(H,26,27). The summed E-state index contributed by atoms with van der Waals surface area (Å²) in [5.41, 5.74) is 3.96. The van der Waals surface area contributed by atoms with Crippen LogP contribution in [0.1, 0.15) is 10.4 Å². The first-order valence-electron chi connectivity index (χ1n) is 8.90. The lowest BCUT2D eigenvalue weighted by atomic mass is 10.1. The number of methoxy groups -OCH3 is 1. The van der Waals surface area contributed by atoms with Gasteiger partial charge < -0.3 is 15.4 Å². The van der Waals surface area contributed by atoms with E-state index in [2.05, 4.69) is 15.6 Å². The molecule has 5 nitrogen and oxygen atoms in total. The van der Waals surface area contributed by atoms with Crippen LogP contribution in [0.2, 0.25) is 0 Å². The summed E-state index contributed by atoms with van der Waals surface area (Å²) in [4.78, 5) is 17.0. The summed E-state index contributed by atoms with van der Waals surface area (Å²) >= 11 is 0. The second kappa shape index (κ2) is 7.80. The van der Waals surface area contributed by atoms with Crippen molar-refractivity contribution in [2.24, 2.45) is 0 Å². The molecule has 0 atom stereocenters. The van der Waals surface area contributed by atoms with E-state index in [-0.39, 0.29) is 5.91 Å². The lowest BCUT2D eigenvalue weighted by molar-refractivity contribution is 0.102. The topological polar surface area (TPSA) is 63.2 Å². The smallest absolute Gasteiger partial charge is 0.259 e. The third-order valence-corrected chi connectivity index (χ3v) is 4.41. The van der Waals surface area contributed by atoms with Gasteiger partial charge in [0, 0.05) is 23.0 Å². The van der Waals surface area contributed by atoms with Gasteiger partial charge in [-0.1, -0.05) is 30.3 Å². The molecule has 0 radical (unpaired) electrons. The van der Waals surface area contributed by atoms with Gasteiger partial charge in [-0.3, -0.25) is 9.78 Å². The summed E-state index contributed by atoms with van der Waals surface area (Å²) in [6.07, 6.45) is 1.78. The third kappa shape index (κ3) is 3.64. The molecular formula is C23H19N3O2. The number of rotatable bonds is 5. The predicted octanol–water partition coefficient (Wildman–Crippen LogP) is 5.24. The number of ether oxygens (including phenoxy) is 1. The minimum Gasteiger partial charge on any atom is -0.496 e. The van der Waals surface area contributed by atoms with E-state index < -0.39 is 0 Å². The molecule has 1 amide bonds. The van der Waals surface area contributed by atoms with Crippen LogP contribution in [0.4, 0.5) is 17.1 Å². The van der Waals surface area contributed by atoms with E-state index in [9.17, 15) is 4.79 Å². The highest BCUT2D eigenvalue weighted by Crippen LogP contribution is 2.26. The highest BCUT2D eigenvalue weighted by molar-refractivity contribution is 6.06. The van der Waals surface area contributed by atoms with Crippen LogP contribution < -0.4 is 15.4 Å². The van der Waals surface area contributed by atoms with Gasteiger partial charge in [0.25, 0.3) is 5.91 Å². The van der Waals surface area contributed by atoms with E-state index >= 15 is 0 Å². The first-order chi connectivity index (χ1) is 13.7. The second-order valence-corrected chi connectivity index (χ2v) is 6.24. The van der Waals surface area contributed by atoms with Crippen LogP contribution >= 0.6 is 0 Å². The largest absolute Gasteiger partial charge is 0.496 e. The maximum Gasteiger partial charge on any atom is 0.259 e. The quantitative estimate of drug-likeness (QED) is 0.505. The molecule has 0 fully saturated rings. The molecule has 0 aliphatic rings. The van der Waals surface area contributed by atoms with Crippen molar-refractivity contribution in [1.29, 1.82) is 0 Å². The third-order valence-electron chi connectivity index (χ3n) is 4.41. The van der Waals surface area contributed by atoms with Crippen molar-refractivity contribution in [2.75, 3.05) is 17.7 Å². The number of benzene rings is 3. The number of fused-ring (bicyclic) bond motifs is 1. The molecule has 0 aliphatic carbocycles. The van der Waals surface area contributed by atoms with Gasteiger partial charge in [0.05, 0.1) is 23.9 Å². The Morgan fingerprint density at radius 2 is 1.61 bits per heavy atom. The number of nitrogens with one attached hydrogen (secondary N) is 2. The highest BCUT2D eigenvalue weighted by Gasteiger charge is 2.11. The van der Waals surface area contributed by atoms with Gasteiger partial charge in [-0.05, 0) is 48.5 Å². The van der Waals surface area contributed by atoms with E-state index in [4.69, 9.17) is 4.74 Å². The van der Waals surface area contributed by atoms with Crippen molar-refractivity contribution in [3.63, 3.8) is 0 Å². The van der Waals surface area contributed by atoms with Crippen molar-refractivity contribution in [3.8, 4) is 5.75 Å². The average Bonchev–Trinajstić information content (AvgIpc) is 2.75. The van der Waals surface area contributed by atoms with Crippen molar-refractivity contribution in [2.45, 2.75) is 0 Å². The molecular weight excluding hydrogens is 350 g/mol. The van der Waals surface area contributed by atoms with E-state index in [0.29, 0.717) is 17.0 Å². The summed E-state index contributed by atoms with van der Waals surface area (Å²) in [5, 5.41) is 7.35. The molecule has 1 heterocycles. The molecule has 0 bridgehead atoms. The van der Waals surface area contributed by atoms with Crippen LogP contribution in [0.15, 0.2) is 85.1 Å². The minimum atomic E-state index is -0.212. The van der Waals surface area contributed by atoms with Gasteiger partial charge in [0.1, 0.15) is 5.75 Å². The van der Waals surface area contributed by atoms with E-state index in [1.54, 1.807) is 25.4 Å². The Kier molecular flexibility index (Phi) is 4.89. The maximum absolute atomic E-state index is 12.5. The molecule has 2 N–H and O–H groups in total. The normalized spacial score (nSPS) is 10.5. The lowest BCUT2D eigenvalue weighted by Gasteiger charge is -2.11. The van der Waals surface area contributed by atoms with Gasteiger partial charge in [0.15, 0.2) is 0 Å². The lowest BCUT2D eigenvalue weighted by Crippen LogP contribution is -2.13. The monoisotopic (exact) mass is 369 g/mol. The Bertz CT molecular complexity index is 1120. The Labute approximate surface area is 163 Å². The Morgan fingerprint density at radius 1 is 0.857 bits per heavy atom. The van der Waals surface area contributed by atoms with Gasteiger partial charge in [0.2, 0.25) is 0 Å². The molecule has 138 valence electrons. The van der Waals surface area contributed by atoms with Crippen LogP contribution in [-0.2, 0) is 0 Å². The first kappa shape index (κ1) is 17.5. The SMILES string of the molecule is COc1ccccc1C(=O)Nc1ccc(Nc2cccc3cccnc23)cc1. The van der Waals surface area contributed by atoms with Crippen LogP contribution in [0.3, 0.4) is 0 Å². The fourth-order valence-electron chi connectivity index (χ4n) is 3.03. The van der Waals surface area contributed by atoms with Crippen molar-refractivity contribution in [3.05, 3.63) is 90.6 Å². The number of nitrogens with zero attached hydrogens (tertiary/aromatic N) is 1. The predicted molar refractivity (Wildman–Crippen MR) is 112 cm³/mol. The molecule has 3 aromatic carbocycles. The van der Waals surface area contributed by atoms with Gasteiger partial charge in [-0.25, -0.2) is 0 Å². The fraction of sp³-hybridized carbons (Fsp3) is 0.0435. The Morgan fingerprint density at radius 3 is 2.43 bits per heavy atom. The number of carbonyl (C=O) groups excluding carboxylic acids is 1. The number of pyridine rings is 1. The zero-order valence-electron chi connectivity index (χ0n) is 15.3. The van der Waals surface area contributed by atoms with Gasteiger partial charge in [-0.15, -0.1) is 0 Å². The van der Waals surface area contributed by atoms with Crippen LogP contribution in [0.25, 0.3) is 10.9 Å². The number of amides is 1. The van der Waals surface area contributed by atoms with Crippen molar-refractivity contribution < 1.29 is 9.53 Å². The number of para-hydroxylation sites is 2. The first-order valence-corrected chi connectivity index (χ1v) is 8.90. The summed E-state index contributed by atoms with van der Waals surface area (Å²) in [7, 11) is 1.55. The van der Waals surface area contributed by atoms with E-state index in [1.807, 2.05) is 66.7 Å². The molecule has 0 aliphatic heterocycles. The Balaban J connectivity index is 1.50. The van der Waals surface area contributed by atoms with Crippen LogP contribution in [-0.4, -0.2) is 18.0 Å². The van der Waals surface area contributed by atoms with Crippen molar-refractivity contribution in [1.82, 2.24) is 4.98 Å². The average molecular weight is 369 g/mol. The number of carbonyl (C=O) groups is 1. The molecule has 28 heavy (non-hydrogen) atoms. The molecule has 5 heteroatoms. The van der Waals surface area contributed by atoms with E-state index in [1.165, 1.54) is 0 Å². The Hall–Kier alpha value is -3.86. The summed E-state index contributed by atoms with van der Waals surface area (Å²) in [6, 6.07) is 24.7. The van der Waals surface area contributed by atoms with Crippen molar-refractivity contribution >= 4 is 33.9 Å². The summed E-state index contributed by atoms with van der Waals surface area (Å²) in [5.74, 6) is 0.332. The van der Waals surface area contributed by atoms with E-state index in [0.717, 1.165) is 22.3 Å².